The zero-order valence-electron chi connectivity index (χ0n) is 16.4. The van der Waals surface area contributed by atoms with E-state index >= 15 is 0 Å². The lowest BCUT2D eigenvalue weighted by molar-refractivity contribution is 0.0714. The first-order chi connectivity index (χ1) is 12.9. The lowest BCUT2D eigenvalue weighted by Crippen LogP contribution is -2.30. The van der Waals surface area contributed by atoms with Crippen molar-refractivity contribution in [2.45, 2.75) is 51.2 Å². The lowest BCUT2D eigenvalue weighted by atomic mass is 9.97. The van der Waals surface area contributed by atoms with E-state index in [1.807, 2.05) is 61.2 Å². The van der Waals surface area contributed by atoms with E-state index in [2.05, 4.69) is 6.07 Å². The van der Waals surface area contributed by atoms with Gasteiger partial charge in [0.05, 0.1) is 18.8 Å². The summed E-state index contributed by atoms with van der Waals surface area (Å²) in [6.07, 6.45) is 3.40. The summed E-state index contributed by atoms with van der Waals surface area (Å²) in [5.41, 5.74) is 2.23. The van der Waals surface area contributed by atoms with E-state index in [9.17, 15) is 9.90 Å². The first-order valence-corrected chi connectivity index (χ1v) is 9.63. The molecular formula is C23H29NO3. The number of hydrogen-bond acceptors (Lipinski definition) is 3. The molecule has 0 aliphatic carbocycles. The van der Waals surface area contributed by atoms with Crippen molar-refractivity contribution in [2.75, 3.05) is 13.7 Å². The first kappa shape index (κ1) is 19.4. The first-order valence-electron chi connectivity index (χ1n) is 9.63. The third-order valence-corrected chi connectivity index (χ3v) is 5.19. The summed E-state index contributed by atoms with van der Waals surface area (Å²) in [7, 11) is 1.66. The molecule has 27 heavy (non-hydrogen) atoms. The van der Waals surface area contributed by atoms with Gasteiger partial charge in [-0.1, -0.05) is 24.3 Å². The maximum atomic E-state index is 13.2. The van der Waals surface area contributed by atoms with Crippen molar-refractivity contribution >= 4 is 5.91 Å². The average molecular weight is 367 g/mol. The third kappa shape index (κ3) is 4.89. The maximum Gasteiger partial charge on any atom is 0.254 e. The smallest absolute Gasteiger partial charge is 0.254 e. The van der Waals surface area contributed by atoms with Gasteiger partial charge in [-0.05, 0) is 74.9 Å². The van der Waals surface area contributed by atoms with Crippen LogP contribution in [0.4, 0.5) is 0 Å². The molecule has 1 aliphatic heterocycles. The molecule has 0 saturated carbocycles. The van der Waals surface area contributed by atoms with Crippen molar-refractivity contribution in [1.82, 2.24) is 4.90 Å². The molecule has 4 nitrogen and oxygen atoms in total. The Morgan fingerprint density at radius 1 is 1.22 bits per heavy atom. The largest absolute Gasteiger partial charge is 0.497 e. The number of rotatable bonds is 6. The van der Waals surface area contributed by atoms with Gasteiger partial charge in [0.2, 0.25) is 0 Å². The monoisotopic (exact) mass is 367 g/mol. The standard InChI is InChI=1S/C23H29NO3/c1-23(2,26)13-12-17-7-4-9-19(15-17)22(25)24-14-6-11-21(24)18-8-5-10-20(16-18)27-3/h4-5,7-10,15-16,21,26H,6,11-14H2,1-3H3/t21-/m1/s1. The van der Waals surface area contributed by atoms with Gasteiger partial charge in [0.25, 0.3) is 5.91 Å². The van der Waals surface area contributed by atoms with Crippen LogP contribution < -0.4 is 4.74 Å². The zero-order chi connectivity index (χ0) is 19.4. The van der Waals surface area contributed by atoms with Crippen LogP contribution >= 0.6 is 0 Å². The number of aryl methyl sites for hydroxylation is 1. The zero-order valence-corrected chi connectivity index (χ0v) is 16.4. The molecule has 1 saturated heterocycles. The van der Waals surface area contributed by atoms with Gasteiger partial charge >= 0.3 is 0 Å². The van der Waals surface area contributed by atoms with E-state index in [0.717, 1.165) is 48.2 Å². The van der Waals surface area contributed by atoms with Gasteiger partial charge in [-0.3, -0.25) is 4.79 Å². The summed E-state index contributed by atoms with van der Waals surface area (Å²) in [4.78, 5) is 15.2. The molecule has 0 spiro atoms. The van der Waals surface area contributed by atoms with Gasteiger partial charge in [-0.25, -0.2) is 0 Å². The van der Waals surface area contributed by atoms with E-state index in [1.165, 1.54) is 0 Å². The number of carbonyl (C=O) groups is 1. The Morgan fingerprint density at radius 2 is 2.00 bits per heavy atom. The number of ether oxygens (including phenoxy) is 1. The van der Waals surface area contributed by atoms with Gasteiger partial charge in [0.15, 0.2) is 0 Å². The molecule has 4 heteroatoms. The Balaban J connectivity index is 1.78. The number of amides is 1. The molecule has 3 rings (SSSR count). The number of likely N-dealkylation sites (tertiary alicyclic amines) is 1. The van der Waals surface area contributed by atoms with Crippen LogP contribution in [0.25, 0.3) is 0 Å². The molecule has 144 valence electrons. The molecule has 1 heterocycles. The van der Waals surface area contributed by atoms with Crippen LogP contribution in [-0.4, -0.2) is 35.2 Å². The van der Waals surface area contributed by atoms with Gasteiger partial charge in [0, 0.05) is 12.1 Å². The molecule has 0 aromatic heterocycles. The summed E-state index contributed by atoms with van der Waals surface area (Å²) in [5, 5.41) is 9.95. The van der Waals surface area contributed by atoms with Crippen LogP contribution in [0.3, 0.4) is 0 Å². The Hall–Kier alpha value is -2.33. The number of benzene rings is 2. The van der Waals surface area contributed by atoms with Gasteiger partial charge in [0.1, 0.15) is 5.75 Å². The molecule has 2 aromatic rings. The molecule has 0 radical (unpaired) electrons. The second kappa shape index (κ2) is 8.13. The highest BCUT2D eigenvalue weighted by molar-refractivity contribution is 5.94. The topological polar surface area (TPSA) is 49.8 Å². The third-order valence-electron chi connectivity index (χ3n) is 5.19. The van der Waals surface area contributed by atoms with Crippen molar-refractivity contribution in [3.63, 3.8) is 0 Å². The predicted octanol–water partition coefficient (Wildman–Crippen LogP) is 4.38. The van der Waals surface area contributed by atoms with Gasteiger partial charge in [-0.2, -0.15) is 0 Å². The van der Waals surface area contributed by atoms with E-state index in [0.29, 0.717) is 6.42 Å². The van der Waals surface area contributed by atoms with Crippen molar-refractivity contribution in [3.8, 4) is 5.75 Å². The lowest BCUT2D eigenvalue weighted by Gasteiger charge is -2.26. The highest BCUT2D eigenvalue weighted by atomic mass is 16.5. The van der Waals surface area contributed by atoms with Crippen LogP contribution in [0, 0.1) is 0 Å². The number of carbonyl (C=O) groups excluding carboxylic acids is 1. The van der Waals surface area contributed by atoms with Crippen LogP contribution in [-0.2, 0) is 6.42 Å². The normalized spacial score (nSPS) is 17.2. The van der Waals surface area contributed by atoms with Crippen LogP contribution in [0.15, 0.2) is 48.5 Å². The summed E-state index contributed by atoms with van der Waals surface area (Å²) < 4.78 is 5.34. The van der Waals surface area contributed by atoms with E-state index in [1.54, 1.807) is 7.11 Å². The van der Waals surface area contributed by atoms with Crippen molar-refractivity contribution < 1.29 is 14.6 Å². The minimum Gasteiger partial charge on any atom is -0.497 e. The molecular weight excluding hydrogens is 338 g/mol. The Morgan fingerprint density at radius 3 is 2.74 bits per heavy atom. The van der Waals surface area contributed by atoms with Gasteiger partial charge < -0.3 is 14.7 Å². The van der Waals surface area contributed by atoms with E-state index < -0.39 is 5.60 Å². The van der Waals surface area contributed by atoms with E-state index in [-0.39, 0.29) is 11.9 Å². The van der Waals surface area contributed by atoms with Crippen LogP contribution in [0.2, 0.25) is 0 Å². The van der Waals surface area contributed by atoms with Crippen molar-refractivity contribution in [2.24, 2.45) is 0 Å². The molecule has 2 aromatic carbocycles. The number of aliphatic hydroxyl groups is 1. The van der Waals surface area contributed by atoms with Crippen LogP contribution in [0.5, 0.6) is 5.75 Å². The minimum absolute atomic E-state index is 0.0745. The van der Waals surface area contributed by atoms with Crippen molar-refractivity contribution in [3.05, 3.63) is 65.2 Å². The second-order valence-corrected chi connectivity index (χ2v) is 7.95. The summed E-state index contributed by atoms with van der Waals surface area (Å²) in [6.45, 7) is 4.39. The molecule has 1 fully saturated rings. The summed E-state index contributed by atoms with van der Waals surface area (Å²) in [6, 6.07) is 15.9. The number of nitrogens with zero attached hydrogens (tertiary/aromatic N) is 1. The number of methoxy groups -OCH3 is 1. The highest BCUT2D eigenvalue weighted by Crippen LogP contribution is 2.34. The fourth-order valence-electron chi connectivity index (χ4n) is 3.68. The van der Waals surface area contributed by atoms with Gasteiger partial charge in [-0.15, -0.1) is 0 Å². The fraction of sp³-hybridized carbons (Fsp3) is 0.435. The Bertz CT molecular complexity index is 794. The molecule has 1 N–H and O–H groups in total. The molecule has 1 atom stereocenters. The van der Waals surface area contributed by atoms with E-state index in [4.69, 9.17) is 4.74 Å². The van der Waals surface area contributed by atoms with Crippen molar-refractivity contribution in [1.29, 1.82) is 0 Å². The average Bonchev–Trinajstić information content (AvgIpc) is 3.15. The molecule has 1 amide bonds. The molecule has 0 bridgehead atoms. The Labute approximate surface area is 161 Å². The highest BCUT2D eigenvalue weighted by Gasteiger charge is 2.30. The van der Waals surface area contributed by atoms with Crippen LogP contribution in [0.1, 0.15) is 60.6 Å². The molecule has 1 aliphatic rings. The summed E-state index contributed by atoms with van der Waals surface area (Å²) >= 11 is 0. The fourth-order valence-corrected chi connectivity index (χ4v) is 3.68. The Kier molecular flexibility index (Phi) is 5.85. The minimum atomic E-state index is -0.702. The SMILES string of the molecule is COc1cccc([C@H]2CCCN2C(=O)c2cccc(CCC(C)(C)O)c2)c1. The predicted molar refractivity (Wildman–Crippen MR) is 107 cm³/mol. The quantitative estimate of drug-likeness (QED) is 0.824. The molecule has 0 unspecified atom stereocenters. The number of hydrogen-bond donors (Lipinski definition) is 1. The summed E-state index contributed by atoms with van der Waals surface area (Å²) in [5.74, 6) is 0.894. The maximum absolute atomic E-state index is 13.2. The second-order valence-electron chi connectivity index (χ2n) is 7.95.